The van der Waals surface area contributed by atoms with Gasteiger partial charge in [-0.05, 0) is 37.0 Å². The first-order valence-electron chi connectivity index (χ1n) is 15.8. The predicted octanol–water partition coefficient (Wildman–Crippen LogP) is -1.15. The van der Waals surface area contributed by atoms with E-state index in [-0.39, 0.29) is 51.2 Å². The molecule has 1 aliphatic rings. The van der Waals surface area contributed by atoms with Gasteiger partial charge in [0.2, 0.25) is 29.5 Å². The number of benzene rings is 2. The maximum Gasteiger partial charge on any atom is 0.245 e. The fraction of sp³-hybridized carbons (Fsp3) is 0.394. The van der Waals surface area contributed by atoms with Crippen LogP contribution in [0.4, 0.5) is 0 Å². The monoisotopic (exact) mass is 661 g/mol. The molecule has 1 aliphatic heterocycles. The lowest BCUT2D eigenvalue weighted by atomic mass is 10.0. The van der Waals surface area contributed by atoms with Crippen LogP contribution in [0.1, 0.15) is 37.3 Å². The minimum absolute atomic E-state index is 0.0502. The Labute approximate surface area is 277 Å². The fourth-order valence-electron chi connectivity index (χ4n) is 5.44. The zero-order chi connectivity index (χ0) is 34.6. The van der Waals surface area contributed by atoms with Crippen LogP contribution >= 0.6 is 0 Å². The number of aromatic nitrogens is 1. The van der Waals surface area contributed by atoms with Crippen molar-refractivity contribution in [2.45, 2.75) is 69.3 Å². The Kier molecular flexibility index (Phi) is 12.5. The van der Waals surface area contributed by atoms with Crippen LogP contribution in [0, 0.1) is 0 Å². The van der Waals surface area contributed by atoms with Crippen LogP contribution in [0.5, 0.6) is 0 Å². The lowest BCUT2D eigenvalue weighted by molar-refractivity contribution is -0.136. The summed E-state index contributed by atoms with van der Waals surface area (Å²) in [5.74, 6) is -3.39. The van der Waals surface area contributed by atoms with Crippen molar-refractivity contribution in [3.63, 3.8) is 0 Å². The van der Waals surface area contributed by atoms with Gasteiger partial charge in [0.1, 0.15) is 24.2 Å². The van der Waals surface area contributed by atoms with E-state index in [0.29, 0.717) is 0 Å². The number of carbonyl (C=O) groups excluding carboxylic acids is 5. The van der Waals surface area contributed by atoms with Crippen molar-refractivity contribution in [2.75, 3.05) is 13.1 Å². The number of amides is 5. The van der Waals surface area contributed by atoms with Gasteiger partial charge < -0.3 is 48.1 Å². The number of nitrogens with zero attached hydrogens (tertiary/aromatic N) is 1. The molecule has 0 saturated carbocycles. The Morgan fingerprint density at radius 2 is 1.48 bits per heavy atom. The number of aromatic amines is 1. The Morgan fingerprint density at radius 3 is 2.19 bits per heavy atom. The smallest absolute Gasteiger partial charge is 0.245 e. The minimum atomic E-state index is -1.38. The highest BCUT2D eigenvalue weighted by Gasteiger charge is 2.33. The normalized spacial score (nSPS) is 22.1. The number of aliphatic imine (C=N–C) groups is 1. The summed E-state index contributed by atoms with van der Waals surface area (Å²) in [7, 11) is 0. The molecule has 5 atom stereocenters. The van der Waals surface area contributed by atoms with Gasteiger partial charge in [0.05, 0.1) is 6.10 Å². The maximum absolute atomic E-state index is 14.0. The molecule has 1 aromatic heterocycles. The van der Waals surface area contributed by atoms with E-state index in [4.69, 9.17) is 11.5 Å². The van der Waals surface area contributed by atoms with Gasteiger partial charge in [-0.25, -0.2) is 0 Å². The number of aliphatic hydroxyl groups is 1. The Bertz CT molecular complexity index is 1620. The molecule has 2 heterocycles. The van der Waals surface area contributed by atoms with Crippen LogP contribution in [0.15, 0.2) is 65.8 Å². The second kappa shape index (κ2) is 16.9. The summed E-state index contributed by atoms with van der Waals surface area (Å²) in [4.78, 5) is 74.5. The lowest BCUT2D eigenvalue weighted by Crippen LogP contribution is -2.60. The second-order valence-electron chi connectivity index (χ2n) is 11.7. The molecule has 48 heavy (non-hydrogen) atoms. The van der Waals surface area contributed by atoms with Crippen molar-refractivity contribution in [1.29, 1.82) is 0 Å². The number of aliphatic hydroxyl groups excluding tert-OH is 1. The first-order chi connectivity index (χ1) is 23.0. The number of hydrogen-bond acceptors (Lipinski definition) is 7. The summed E-state index contributed by atoms with van der Waals surface area (Å²) in [6.07, 6.45) is 0.800. The number of rotatable bonds is 9. The van der Waals surface area contributed by atoms with Crippen molar-refractivity contribution in [3.05, 3.63) is 71.9 Å². The van der Waals surface area contributed by atoms with E-state index >= 15 is 0 Å². The van der Waals surface area contributed by atoms with E-state index in [1.807, 2.05) is 54.6 Å². The molecular weight excluding hydrogens is 618 g/mol. The highest BCUT2D eigenvalue weighted by molar-refractivity contribution is 5.96. The molecule has 256 valence electrons. The van der Waals surface area contributed by atoms with Gasteiger partial charge in [0.25, 0.3) is 0 Å². The molecule has 1 saturated heterocycles. The van der Waals surface area contributed by atoms with E-state index < -0.39 is 59.8 Å². The molecule has 1 fully saturated rings. The summed E-state index contributed by atoms with van der Waals surface area (Å²) in [6, 6.07) is 11.8. The van der Waals surface area contributed by atoms with Crippen LogP contribution in [0.3, 0.4) is 0 Å². The molecule has 2 aromatic carbocycles. The standard InChI is InChI=1S/C33H43N9O6/c1-19(43)28-32(48)36-15-13-27(44)39-25(16-20-8-3-2-4-9-20)30(46)41-26(17-21-18-38-23-11-6-5-10-22(21)23)31(47)40-24(29(45)42-28)12-7-14-37-33(34)35/h2-6,8-11,18-19,24-26,28,38,43H,7,12-17H2,1H3,(H,36,48)(H,39,44)(H,40,47)(H,41,46)(H,42,45)(H4,34,35,37)/t19-,24+,25+,26+,28+/m1/s1. The third-order valence-corrected chi connectivity index (χ3v) is 7.96. The molecule has 15 heteroatoms. The van der Waals surface area contributed by atoms with E-state index in [1.54, 1.807) is 6.20 Å². The maximum atomic E-state index is 14.0. The van der Waals surface area contributed by atoms with E-state index in [0.717, 1.165) is 22.0 Å². The van der Waals surface area contributed by atoms with Crippen LogP contribution in [-0.2, 0) is 36.8 Å². The van der Waals surface area contributed by atoms with Crippen LogP contribution in [0.2, 0.25) is 0 Å². The van der Waals surface area contributed by atoms with Gasteiger partial charge in [-0.15, -0.1) is 0 Å². The highest BCUT2D eigenvalue weighted by atomic mass is 16.3. The molecule has 15 nitrogen and oxygen atoms in total. The Morgan fingerprint density at radius 1 is 0.833 bits per heavy atom. The Hall–Kier alpha value is -5.44. The first-order valence-corrected chi connectivity index (χ1v) is 15.8. The number of carbonyl (C=O) groups is 5. The molecule has 11 N–H and O–H groups in total. The number of fused-ring (bicyclic) bond motifs is 1. The van der Waals surface area contributed by atoms with E-state index in [1.165, 1.54) is 6.92 Å². The third kappa shape index (κ3) is 10.0. The fourth-order valence-corrected chi connectivity index (χ4v) is 5.44. The molecule has 3 aromatic rings. The van der Waals surface area contributed by atoms with Crippen molar-refractivity contribution in [2.24, 2.45) is 16.5 Å². The number of nitrogens with two attached hydrogens (primary N) is 2. The van der Waals surface area contributed by atoms with Gasteiger partial charge in [-0.1, -0.05) is 48.5 Å². The second-order valence-corrected chi connectivity index (χ2v) is 11.7. The van der Waals surface area contributed by atoms with E-state index in [9.17, 15) is 29.1 Å². The zero-order valence-electron chi connectivity index (χ0n) is 26.7. The summed E-state index contributed by atoms with van der Waals surface area (Å²) < 4.78 is 0. The molecular formula is C33H43N9O6. The summed E-state index contributed by atoms with van der Waals surface area (Å²) >= 11 is 0. The van der Waals surface area contributed by atoms with Crippen molar-refractivity contribution in [1.82, 2.24) is 31.6 Å². The first kappa shape index (κ1) is 35.4. The van der Waals surface area contributed by atoms with E-state index in [2.05, 4.69) is 36.6 Å². The van der Waals surface area contributed by atoms with Gasteiger partial charge in [-0.2, -0.15) is 0 Å². The average Bonchev–Trinajstić information content (AvgIpc) is 3.46. The summed E-state index contributed by atoms with van der Waals surface area (Å²) in [5.41, 5.74) is 13.2. The van der Waals surface area contributed by atoms with Crippen molar-refractivity contribution in [3.8, 4) is 0 Å². The van der Waals surface area contributed by atoms with Gasteiger partial charge in [0, 0.05) is 49.5 Å². The Balaban J connectivity index is 1.70. The molecule has 0 bridgehead atoms. The van der Waals surface area contributed by atoms with Crippen LogP contribution in [0.25, 0.3) is 10.9 Å². The molecule has 4 rings (SSSR count). The third-order valence-electron chi connectivity index (χ3n) is 7.96. The van der Waals surface area contributed by atoms with Crippen LogP contribution < -0.4 is 38.1 Å². The van der Waals surface area contributed by atoms with Crippen LogP contribution in [-0.4, -0.2) is 88.9 Å². The molecule has 0 radical (unpaired) electrons. The molecule has 5 amide bonds. The number of para-hydroxylation sites is 1. The summed E-state index contributed by atoms with van der Waals surface area (Å²) in [5, 5.41) is 24.5. The molecule has 0 unspecified atom stereocenters. The number of guanidine groups is 1. The predicted molar refractivity (Wildman–Crippen MR) is 179 cm³/mol. The SMILES string of the molecule is C[C@@H](O)[C@@H]1NC(=O)[C@H](CCCN=C(N)N)NC(=O)[C@H](Cc2c[nH]c3ccccc23)NC(=O)[C@H](Cc2ccccc2)NC(=O)CCNC1=O. The topological polar surface area (TPSA) is 246 Å². The number of hydrogen-bond donors (Lipinski definition) is 9. The minimum Gasteiger partial charge on any atom is -0.391 e. The number of nitrogens with one attached hydrogen (secondary N) is 6. The number of H-pyrrole nitrogens is 1. The van der Waals surface area contributed by atoms with Crippen molar-refractivity contribution >= 4 is 46.4 Å². The lowest BCUT2D eigenvalue weighted by Gasteiger charge is -2.28. The molecule has 0 aliphatic carbocycles. The highest BCUT2D eigenvalue weighted by Crippen LogP contribution is 2.19. The van der Waals surface area contributed by atoms with Crippen molar-refractivity contribution < 1.29 is 29.1 Å². The van der Waals surface area contributed by atoms with Gasteiger partial charge in [-0.3, -0.25) is 29.0 Å². The quantitative estimate of drug-likeness (QED) is 0.0768. The summed E-state index contributed by atoms with van der Waals surface area (Å²) in [6.45, 7) is 1.38. The average molecular weight is 662 g/mol. The van der Waals surface area contributed by atoms with Gasteiger partial charge >= 0.3 is 0 Å². The largest absolute Gasteiger partial charge is 0.391 e. The molecule has 0 spiro atoms. The zero-order valence-corrected chi connectivity index (χ0v) is 26.7. The van der Waals surface area contributed by atoms with Gasteiger partial charge in [0.15, 0.2) is 5.96 Å².